The second kappa shape index (κ2) is 9.22. The van der Waals surface area contributed by atoms with Crippen molar-refractivity contribution in [1.82, 2.24) is 14.5 Å². The van der Waals surface area contributed by atoms with Gasteiger partial charge in [0.25, 0.3) is 0 Å². The molecule has 2 heterocycles. The summed E-state index contributed by atoms with van der Waals surface area (Å²) in [5, 5.41) is 0. The molecule has 1 saturated heterocycles. The normalized spacial score (nSPS) is 24.2. The van der Waals surface area contributed by atoms with E-state index in [0.29, 0.717) is 17.7 Å². The van der Waals surface area contributed by atoms with Gasteiger partial charge in [-0.1, -0.05) is 15.9 Å². The molecule has 0 unspecified atom stereocenters. The van der Waals surface area contributed by atoms with Crippen molar-refractivity contribution in [3.05, 3.63) is 32.7 Å². The number of likely N-dealkylation sites (tertiary alicyclic amines) is 1. The van der Waals surface area contributed by atoms with Crippen LogP contribution in [0.1, 0.15) is 50.1 Å². The summed E-state index contributed by atoms with van der Waals surface area (Å²) < 4.78 is 46.5. The van der Waals surface area contributed by atoms with E-state index < -0.39 is 11.7 Å². The minimum absolute atomic E-state index is 0. The van der Waals surface area contributed by atoms with Gasteiger partial charge in [0.15, 0.2) is 0 Å². The molecule has 30 heavy (non-hydrogen) atoms. The third kappa shape index (κ3) is 4.59. The van der Waals surface area contributed by atoms with Gasteiger partial charge in [-0.2, -0.15) is 13.2 Å². The molecule has 0 atom stereocenters. The Hall–Kier alpha value is -1.03. The number of hydrogen-bond acceptors (Lipinski definition) is 3. The number of aromatic amines is 1. The number of benzene rings is 1. The van der Waals surface area contributed by atoms with Crippen molar-refractivity contribution in [2.24, 2.45) is 0 Å². The quantitative estimate of drug-likeness (QED) is 0.621. The third-order valence-corrected chi connectivity index (χ3v) is 7.12. The maximum Gasteiger partial charge on any atom is 0.417 e. The molecule has 2 aliphatic rings. The molecule has 0 amide bonds. The lowest BCUT2D eigenvalue weighted by Crippen LogP contribution is -2.45. The molecule has 5 nitrogen and oxygen atoms in total. The molecule has 0 bridgehead atoms. The Balaban J connectivity index is 0.00000256. The zero-order chi connectivity index (χ0) is 20.8. The summed E-state index contributed by atoms with van der Waals surface area (Å²) in [5.41, 5.74) is -0.370. The lowest BCUT2D eigenvalue weighted by Gasteiger charge is -2.40. The Morgan fingerprint density at radius 1 is 1.07 bits per heavy atom. The zero-order valence-electron chi connectivity index (χ0n) is 16.7. The van der Waals surface area contributed by atoms with Crippen molar-refractivity contribution in [3.8, 4) is 0 Å². The fourth-order valence-corrected chi connectivity index (χ4v) is 5.44. The van der Waals surface area contributed by atoms with E-state index in [4.69, 9.17) is 4.74 Å². The first-order valence-electron chi connectivity index (χ1n) is 10.1. The van der Waals surface area contributed by atoms with E-state index in [1.54, 1.807) is 11.7 Å². The van der Waals surface area contributed by atoms with Gasteiger partial charge in [-0.05, 0) is 50.7 Å². The van der Waals surface area contributed by atoms with Crippen LogP contribution < -0.4 is 5.69 Å². The zero-order valence-corrected chi connectivity index (χ0v) is 19.1. The molecule has 4 rings (SSSR count). The number of hydrogen-bond donors (Lipinski definition) is 1. The molecule has 2 aromatic rings. The van der Waals surface area contributed by atoms with E-state index in [0.717, 1.165) is 57.7 Å². The van der Waals surface area contributed by atoms with Crippen molar-refractivity contribution in [3.63, 3.8) is 0 Å². The number of piperidine rings is 1. The number of rotatable bonds is 3. The Morgan fingerprint density at radius 2 is 1.70 bits per heavy atom. The number of halogens is 5. The number of nitrogens with zero attached hydrogens (tertiary/aromatic N) is 2. The predicted molar refractivity (Wildman–Crippen MR) is 115 cm³/mol. The SMILES string of the molecule is CO[C@H]1CC[C@@H](N2CCC(n3c(=O)[nH]c4cc(C(F)(F)F)c(Br)cc43)CC2)CC1.Cl. The monoisotopic (exact) mass is 511 g/mol. The largest absolute Gasteiger partial charge is 0.417 e. The number of methoxy groups -OCH3 is 1. The number of imidazole rings is 1. The van der Waals surface area contributed by atoms with Crippen LogP contribution in [0.5, 0.6) is 0 Å². The summed E-state index contributed by atoms with van der Waals surface area (Å²) in [5.74, 6) is 0. The highest BCUT2D eigenvalue weighted by Crippen LogP contribution is 2.38. The van der Waals surface area contributed by atoms with E-state index in [-0.39, 0.29) is 34.1 Å². The van der Waals surface area contributed by atoms with Gasteiger partial charge in [-0.15, -0.1) is 12.4 Å². The molecular weight excluding hydrogens is 487 g/mol. The Labute approximate surface area is 187 Å². The van der Waals surface area contributed by atoms with Crippen LogP contribution in [0.4, 0.5) is 13.2 Å². The van der Waals surface area contributed by atoms with Gasteiger partial charge in [-0.3, -0.25) is 4.57 Å². The molecule has 1 aliphatic heterocycles. The van der Waals surface area contributed by atoms with Gasteiger partial charge in [0, 0.05) is 36.8 Å². The van der Waals surface area contributed by atoms with Crippen molar-refractivity contribution >= 4 is 39.4 Å². The number of aromatic nitrogens is 2. The highest BCUT2D eigenvalue weighted by Gasteiger charge is 2.35. The first-order valence-corrected chi connectivity index (χ1v) is 10.8. The van der Waals surface area contributed by atoms with Crippen LogP contribution in [-0.4, -0.2) is 46.8 Å². The fourth-order valence-electron chi connectivity index (χ4n) is 4.88. The highest BCUT2D eigenvalue weighted by atomic mass is 79.9. The van der Waals surface area contributed by atoms with Crippen LogP contribution in [0, 0.1) is 0 Å². The minimum atomic E-state index is -4.47. The summed E-state index contributed by atoms with van der Waals surface area (Å²) in [6.45, 7) is 1.79. The first kappa shape index (κ1) is 23.6. The number of nitrogens with one attached hydrogen (secondary N) is 1. The fraction of sp³-hybridized carbons (Fsp3) is 0.650. The van der Waals surface area contributed by atoms with Gasteiger partial charge in [0.2, 0.25) is 0 Å². The lowest BCUT2D eigenvalue weighted by atomic mass is 9.90. The first-order chi connectivity index (χ1) is 13.8. The van der Waals surface area contributed by atoms with Crippen molar-refractivity contribution in [1.29, 1.82) is 0 Å². The number of H-pyrrole nitrogens is 1. The second-order valence-electron chi connectivity index (χ2n) is 8.08. The summed E-state index contributed by atoms with van der Waals surface area (Å²) in [6, 6.07) is 2.98. The maximum atomic E-state index is 13.2. The van der Waals surface area contributed by atoms with Crippen LogP contribution in [0.2, 0.25) is 0 Å². The van der Waals surface area contributed by atoms with Crippen molar-refractivity contribution < 1.29 is 17.9 Å². The molecule has 2 fully saturated rings. The Morgan fingerprint density at radius 3 is 2.27 bits per heavy atom. The van der Waals surface area contributed by atoms with Crippen LogP contribution in [0.15, 0.2) is 21.4 Å². The van der Waals surface area contributed by atoms with Gasteiger partial charge in [0.05, 0.1) is 22.7 Å². The van der Waals surface area contributed by atoms with E-state index in [2.05, 4.69) is 25.8 Å². The molecule has 1 saturated carbocycles. The second-order valence-corrected chi connectivity index (χ2v) is 8.93. The van der Waals surface area contributed by atoms with E-state index in [1.165, 1.54) is 6.07 Å². The molecule has 1 aromatic heterocycles. The van der Waals surface area contributed by atoms with E-state index in [9.17, 15) is 18.0 Å². The Bertz CT molecular complexity index is 930. The number of ether oxygens (including phenoxy) is 1. The molecule has 0 spiro atoms. The van der Waals surface area contributed by atoms with Gasteiger partial charge in [0.1, 0.15) is 0 Å². The minimum Gasteiger partial charge on any atom is -0.381 e. The van der Waals surface area contributed by atoms with E-state index in [1.807, 2.05) is 0 Å². The third-order valence-electron chi connectivity index (χ3n) is 6.47. The average molecular weight is 513 g/mol. The molecule has 1 N–H and O–H groups in total. The molecule has 1 aromatic carbocycles. The summed E-state index contributed by atoms with van der Waals surface area (Å²) in [7, 11) is 1.77. The molecule has 1 aliphatic carbocycles. The molecule has 0 radical (unpaired) electrons. The van der Waals surface area contributed by atoms with Crippen LogP contribution >= 0.6 is 28.3 Å². The predicted octanol–water partition coefficient (Wildman–Crippen LogP) is 5.13. The van der Waals surface area contributed by atoms with Crippen LogP contribution in [0.25, 0.3) is 11.0 Å². The average Bonchev–Trinajstić information content (AvgIpc) is 3.01. The summed E-state index contributed by atoms with van der Waals surface area (Å²) in [4.78, 5) is 17.7. The van der Waals surface area contributed by atoms with Gasteiger partial charge < -0.3 is 14.6 Å². The van der Waals surface area contributed by atoms with E-state index >= 15 is 0 Å². The van der Waals surface area contributed by atoms with Crippen molar-refractivity contribution in [2.45, 2.75) is 62.9 Å². The van der Waals surface area contributed by atoms with Gasteiger partial charge >= 0.3 is 11.9 Å². The van der Waals surface area contributed by atoms with Gasteiger partial charge in [-0.25, -0.2) is 4.79 Å². The highest BCUT2D eigenvalue weighted by molar-refractivity contribution is 9.10. The summed E-state index contributed by atoms with van der Waals surface area (Å²) >= 11 is 3.03. The smallest absolute Gasteiger partial charge is 0.381 e. The van der Waals surface area contributed by atoms with Crippen LogP contribution in [0.3, 0.4) is 0 Å². The number of alkyl halides is 3. The summed E-state index contributed by atoms with van der Waals surface area (Å²) in [6.07, 6.45) is 1.95. The maximum absolute atomic E-state index is 13.2. The van der Waals surface area contributed by atoms with Crippen molar-refractivity contribution in [2.75, 3.05) is 20.2 Å². The lowest BCUT2D eigenvalue weighted by molar-refractivity contribution is -0.138. The number of fused-ring (bicyclic) bond motifs is 1. The standard InChI is InChI=1S/C20H25BrF3N3O2.ClH/c1-29-14-4-2-12(3-5-14)26-8-6-13(7-9-26)27-18-11-16(21)15(20(22,23)24)10-17(18)25-19(27)28;/h10-14H,2-9H2,1H3,(H,25,28);1H/t12-,14+;. The topological polar surface area (TPSA) is 50.3 Å². The Kier molecular flexibility index (Phi) is 7.26. The molecule has 168 valence electrons. The molecule has 10 heteroatoms. The molecular formula is C20H26BrClF3N3O2. The van der Waals surface area contributed by atoms with Crippen LogP contribution in [-0.2, 0) is 10.9 Å².